The molecule has 3 nitrogen and oxygen atoms in total. The van der Waals surface area contributed by atoms with Crippen LogP contribution in [0.2, 0.25) is 0 Å². The molecule has 0 radical (unpaired) electrons. The van der Waals surface area contributed by atoms with Crippen molar-refractivity contribution < 1.29 is 14.3 Å². The fourth-order valence-electron chi connectivity index (χ4n) is 9.76. The van der Waals surface area contributed by atoms with Crippen molar-refractivity contribution in [3.05, 3.63) is 12.2 Å². The minimum absolute atomic E-state index is 0.0530. The normalized spacial score (nSPS) is 58.4. The Morgan fingerprint density at radius 1 is 1.00 bits per heavy atom. The van der Waals surface area contributed by atoms with Gasteiger partial charge in [-0.1, -0.05) is 26.8 Å². The van der Waals surface area contributed by atoms with E-state index in [0.29, 0.717) is 35.1 Å². The van der Waals surface area contributed by atoms with Crippen molar-refractivity contribution in [3.63, 3.8) is 0 Å². The molecule has 6 rings (SSSR count). The van der Waals surface area contributed by atoms with Gasteiger partial charge in [0.1, 0.15) is 0 Å². The number of allylic oxidation sites excluding steroid dienone is 2. The van der Waals surface area contributed by atoms with Crippen molar-refractivity contribution in [1.82, 2.24) is 0 Å². The molecule has 5 fully saturated rings. The Morgan fingerprint density at radius 3 is 2.53 bits per heavy atom. The summed E-state index contributed by atoms with van der Waals surface area (Å²) in [5.74, 6) is 3.99. The van der Waals surface area contributed by atoms with Crippen LogP contribution in [-0.2, 0) is 14.3 Å². The number of carbonyl (C=O) groups excluding carboxylic acids is 1. The first-order valence-electron chi connectivity index (χ1n) is 12.7. The molecule has 0 unspecified atom stereocenters. The molecule has 30 heavy (non-hydrogen) atoms. The maximum Gasteiger partial charge on any atom is 0.172 e. The molecule has 0 amide bonds. The number of ketones is 1. The Hall–Kier alpha value is -0.670. The van der Waals surface area contributed by atoms with Crippen molar-refractivity contribution in [1.29, 1.82) is 0 Å². The second kappa shape index (κ2) is 6.01. The van der Waals surface area contributed by atoms with E-state index in [9.17, 15) is 4.79 Å². The lowest BCUT2D eigenvalue weighted by molar-refractivity contribution is -0.254. The fourth-order valence-corrected chi connectivity index (χ4v) is 9.76. The summed E-state index contributed by atoms with van der Waals surface area (Å²) in [6.45, 7) is 12.0. The first-order valence-corrected chi connectivity index (χ1v) is 12.7. The lowest BCUT2D eigenvalue weighted by Gasteiger charge is -2.59. The molecule has 0 aromatic rings. The van der Waals surface area contributed by atoms with Gasteiger partial charge in [0, 0.05) is 18.8 Å². The van der Waals surface area contributed by atoms with E-state index in [1.807, 2.05) is 6.08 Å². The maximum absolute atomic E-state index is 12.1. The largest absolute Gasteiger partial charge is 0.346 e. The molecule has 6 aliphatic rings. The zero-order chi connectivity index (χ0) is 21.1. The smallest absolute Gasteiger partial charge is 0.172 e. The number of hydrogen-bond acceptors (Lipinski definition) is 3. The van der Waals surface area contributed by atoms with Gasteiger partial charge in [0.25, 0.3) is 0 Å². The summed E-state index contributed by atoms with van der Waals surface area (Å²) in [5, 5.41) is 0. The Kier molecular flexibility index (Phi) is 4.00. The molecule has 2 heterocycles. The molecular weight excluding hydrogens is 372 g/mol. The third-order valence-electron chi connectivity index (χ3n) is 11.2. The molecule has 3 saturated carbocycles. The third-order valence-corrected chi connectivity index (χ3v) is 11.2. The predicted molar refractivity (Wildman–Crippen MR) is 117 cm³/mol. The SMILES string of the molecule is C[C@H]1[C@H]2[C@H](C[C@H]3[C@@H]4CC[C@H]5CC(=O)C=C[C@]5(C)[C@H]4CC[C@]23C)O[C@]12CCC(C)(C)O2. The number of carbonyl (C=O) groups is 1. The van der Waals surface area contributed by atoms with E-state index in [-0.39, 0.29) is 16.8 Å². The summed E-state index contributed by atoms with van der Waals surface area (Å²) in [6, 6.07) is 0. The first kappa shape index (κ1) is 20.0. The molecule has 2 aliphatic heterocycles. The van der Waals surface area contributed by atoms with Gasteiger partial charge in [-0.3, -0.25) is 4.79 Å². The predicted octanol–water partition coefficient (Wildman–Crippen LogP) is 5.92. The van der Waals surface area contributed by atoms with Gasteiger partial charge >= 0.3 is 0 Å². The molecule has 166 valence electrons. The second-order valence-corrected chi connectivity index (χ2v) is 12.9. The van der Waals surface area contributed by atoms with Crippen molar-refractivity contribution in [2.75, 3.05) is 0 Å². The van der Waals surface area contributed by atoms with E-state index in [1.54, 1.807) is 0 Å². The molecule has 0 bridgehead atoms. The van der Waals surface area contributed by atoms with E-state index in [0.717, 1.165) is 37.0 Å². The minimum atomic E-state index is -0.334. The number of ether oxygens (including phenoxy) is 2. The van der Waals surface area contributed by atoms with Crippen LogP contribution >= 0.6 is 0 Å². The van der Waals surface area contributed by atoms with Gasteiger partial charge < -0.3 is 9.47 Å². The van der Waals surface area contributed by atoms with Crippen molar-refractivity contribution in [2.24, 2.45) is 46.3 Å². The van der Waals surface area contributed by atoms with Gasteiger partial charge in [-0.25, -0.2) is 0 Å². The van der Waals surface area contributed by atoms with Gasteiger partial charge in [-0.15, -0.1) is 0 Å². The van der Waals surface area contributed by atoms with E-state index >= 15 is 0 Å². The highest BCUT2D eigenvalue weighted by molar-refractivity contribution is 5.91. The van der Waals surface area contributed by atoms with E-state index in [4.69, 9.17) is 9.47 Å². The second-order valence-electron chi connectivity index (χ2n) is 12.9. The van der Waals surface area contributed by atoms with Crippen LogP contribution in [0.1, 0.15) is 86.0 Å². The van der Waals surface area contributed by atoms with E-state index < -0.39 is 0 Å². The summed E-state index contributed by atoms with van der Waals surface area (Å²) < 4.78 is 13.5. The van der Waals surface area contributed by atoms with Crippen molar-refractivity contribution >= 4 is 5.78 Å². The zero-order valence-corrected chi connectivity index (χ0v) is 19.6. The molecule has 0 N–H and O–H groups in total. The highest BCUT2D eigenvalue weighted by atomic mass is 16.7. The summed E-state index contributed by atoms with van der Waals surface area (Å²) >= 11 is 0. The Labute approximate surface area is 182 Å². The van der Waals surface area contributed by atoms with E-state index in [1.165, 1.54) is 32.1 Å². The third kappa shape index (κ3) is 2.43. The topological polar surface area (TPSA) is 35.5 Å². The highest BCUT2D eigenvalue weighted by Crippen LogP contribution is 2.71. The molecule has 1 spiro atoms. The molecule has 10 atom stereocenters. The van der Waals surface area contributed by atoms with Gasteiger partial charge in [-0.05, 0) is 98.9 Å². The van der Waals surface area contributed by atoms with Crippen molar-refractivity contribution in [3.8, 4) is 0 Å². The molecule has 0 aromatic carbocycles. The summed E-state index contributed by atoms with van der Waals surface area (Å²) in [5.41, 5.74) is 0.549. The molecule has 3 heteroatoms. The van der Waals surface area contributed by atoms with Crippen LogP contribution in [0.3, 0.4) is 0 Å². The molecular formula is C27H40O3. The average molecular weight is 413 g/mol. The van der Waals surface area contributed by atoms with Gasteiger partial charge in [-0.2, -0.15) is 0 Å². The van der Waals surface area contributed by atoms with Crippen molar-refractivity contribution in [2.45, 2.75) is 103 Å². The number of fused-ring (bicyclic) bond motifs is 7. The Bertz CT molecular complexity index is 800. The molecule has 0 aromatic heterocycles. The van der Waals surface area contributed by atoms with Gasteiger partial charge in [0.05, 0.1) is 11.7 Å². The Balaban J connectivity index is 1.30. The lowest BCUT2D eigenvalue weighted by atomic mass is 9.45. The maximum atomic E-state index is 12.1. The van der Waals surface area contributed by atoms with Crippen LogP contribution in [0.4, 0.5) is 0 Å². The monoisotopic (exact) mass is 412 g/mol. The number of rotatable bonds is 0. The van der Waals surface area contributed by atoms with Crippen LogP contribution in [0.25, 0.3) is 0 Å². The standard InChI is InChI=1S/C27H40O3/c1-16-23-22(29-27(16)13-12-24(2,3)30-27)15-21-19-7-6-17-14-18(28)8-10-25(17,4)20(19)9-11-26(21,23)5/h8,10,16-17,19-23H,6-7,9,11-15H2,1-5H3/t16-,17-,19+,20-,21-,22-,23-,25-,26-,27-/m0/s1. The van der Waals surface area contributed by atoms with Crippen LogP contribution < -0.4 is 0 Å². The summed E-state index contributed by atoms with van der Waals surface area (Å²) in [6.07, 6.45) is 13.9. The molecule has 2 saturated heterocycles. The lowest BCUT2D eigenvalue weighted by Crippen LogP contribution is -2.53. The van der Waals surface area contributed by atoms with Crippen LogP contribution in [0.15, 0.2) is 12.2 Å². The average Bonchev–Trinajstić information content (AvgIpc) is 3.25. The quantitative estimate of drug-likeness (QED) is 0.495. The summed E-state index contributed by atoms with van der Waals surface area (Å²) in [4.78, 5) is 12.1. The first-order chi connectivity index (χ1) is 14.1. The van der Waals surface area contributed by atoms with Crippen LogP contribution in [0.5, 0.6) is 0 Å². The Morgan fingerprint density at radius 2 is 1.80 bits per heavy atom. The minimum Gasteiger partial charge on any atom is -0.346 e. The van der Waals surface area contributed by atoms with Crippen LogP contribution in [0, 0.1) is 46.3 Å². The fraction of sp³-hybridized carbons (Fsp3) is 0.889. The van der Waals surface area contributed by atoms with Crippen LogP contribution in [-0.4, -0.2) is 23.3 Å². The number of hydrogen-bond donors (Lipinski definition) is 0. The van der Waals surface area contributed by atoms with Gasteiger partial charge in [0.15, 0.2) is 11.6 Å². The molecule has 4 aliphatic carbocycles. The highest BCUT2D eigenvalue weighted by Gasteiger charge is 2.70. The zero-order valence-electron chi connectivity index (χ0n) is 19.6. The van der Waals surface area contributed by atoms with E-state index in [2.05, 4.69) is 40.7 Å². The summed E-state index contributed by atoms with van der Waals surface area (Å²) in [7, 11) is 0. The van der Waals surface area contributed by atoms with Gasteiger partial charge in [0.2, 0.25) is 0 Å².